The molecule has 4 aliphatic carbocycles. The number of benzene rings is 10. The van der Waals surface area contributed by atoms with Crippen molar-refractivity contribution in [2.75, 3.05) is 14.7 Å². The normalized spacial score (nSPS) is 15.3. The largest absolute Gasteiger partial charge is 0.336 e. The van der Waals surface area contributed by atoms with Gasteiger partial charge in [0, 0.05) is 67.0 Å². The summed E-state index contributed by atoms with van der Waals surface area (Å²) in [5.41, 5.74) is 38.1. The highest BCUT2D eigenvalue weighted by Gasteiger charge is 2.42. The van der Waals surface area contributed by atoms with Gasteiger partial charge in [-0.15, -0.1) is 0 Å². The first-order valence-electron chi connectivity index (χ1n) is 36.2. The fourth-order valence-corrected chi connectivity index (χ4v) is 17.0. The summed E-state index contributed by atoms with van der Waals surface area (Å²) in [5.74, 6) is 0.740. The van der Waals surface area contributed by atoms with E-state index in [2.05, 4.69) is 361 Å². The average Bonchev–Trinajstić information content (AvgIpc) is 1.61. The first kappa shape index (κ1) is 68.5. The molecular formula is C94H109N3. The molecule has 3 heteroatoms. The van der Waals surface area contributed by atoms with E-state index in [1.807, 2.05) is 0 Å². The van der Waals surface area contributed by atoms with Crippen molar-refractivity contribution in [2.45, 2.75) is 223 Å². The molecule has 0 bridgehead atoms. The molecule has 0 unspecified atom stereocenters. The Bertz CT molecular complexity index is 4610. The van der Waals surface area contributed by atoms with Gasteiger partial charge < -0.3 is 14.7 Å². The fourth-order valence-electron chi connectivity index (χ4n) is 17.0. The fraction of sp³-hybridized carbons (Fsp3) is 0.362. The molecule has 0 aromatic heterocycles. The second kappa shape index (κ2) is 25.5. The number of nitrogens with zero attached hydrogens (tertiary/aromatic N) is 3. The molecular weight excluding hydrogens is 1170 g/mol. The highest BCUT2D eigenvalue weighted by molar-refractivity contribution is 5.90. The number of fused-ring (bicyclic) bond motifs is 9. The molecule has 0 radical (unpaired) electrons. The van der Waals surface area contributed by atoms with Crippen molar-refractivity contribution in [1.29, 1.82) is 0 Å². The Balaban J connectivity index is 0.000000139. The van der Waals surface area contributed by atoms with Gasteiger partial charge in [0.2, 0.25) is 0 Å². The SMILES string of the molecule is Cc1ccc2c(c1)-c1cc(C)c(N(c3ccccc3C)C(C)(C)C)cc1C2(C)C.Cc1ccccc1N(c1cc2c(cc1C)-c1cc(-c3ccccc3)ccc1C2(C)C)C(C)(C)C.Cc1ccccc1N(c1cc2c(cc1C)-c1cc(C3CCCCC3)ccc1C2(C)C)C(C)(C)C. The number of hydrogen-bond acceptors (Lipinski definition) is 3. The minimum absolute atomic E-state index is 0.00744. The number of aryl methyl sites for hydroxylation is 7. The van der Waals surface area contributed by atoms with Crippen LogP contribution >= 0.6 is 0 Å². The first-order chi connectivity index (χ1) is 45.7. The summed E-state index contributed by atoms with van der Waals surface area (Å²) >= 11 is 0. The van der Waals surface area contributed by atoms with Gasteiger partial charge in [0.15, 0.2) is 0 Å². The smallest absolute Gasteiger partial charge is 0.0449 e. The van der Waals surface area contributed by atoms with Gasteiger partial charge in [-0.2, -0.15) is 0 Å². The van der Waals surface area contributed by atoms with Crippen LogP contribution in [-0.2, 0) is 16.2 Å². The highest BCUT2D eigenvalue weighted by Crippen LogP contribution is 2.56. The standard InChI is InChI=1S/C33H41N.C33H35N.C28H33N/c2*1-22-13-11-12-16-30(22)34(32(3,4)5)31-21-29-26(19-23(31)2)27-20-25(24-14-9-8-10-15-24)17-18-28(27)33(29,6)7;1-18-13-14-23-21(15-18)22-16-20(3)26(17-24(22)28(23,7)8)29(27(4,5)6)25-12-10-9-11-19(25)2/h11-13,16-21,24H,8-10,14-15H2,1-7H3;8-21H,1-7H3;9-17H,1-8H3. The van der Waals surface area contributed by atoms with Crippen LogP contribution in [0.4, 0.5) is 34.1 Å². The minimum atomic E-state index is -0.0544. The molecule has 4 aliphatic rings. The quantitative estimate of drug-likeness (QED) is 0.150. The zero-order valence-electron chi connectivity index (χ0n) is 62.9. The van der Waals surface area contributed by atoms with Gasteiger partial charge in [-0.3, -0.25) is 0 Å². The lowest BCUT2D eigenvalue weighted by molar-refractivity contribution is 0.443. The van der Waals surface area contributed by atoms with E-state index in [-0.39, 0.29) is 32.9 Å². The Kier molecular flexibility index (Phi) is 18.0. The van der Waals surface area contributed by atoms with Crippen LogP contribution in [0.15, 0.2) is 194 Å². The molecule has 10 aromatic rings. The van der Waals surface area contributed by atoms with Crippen LogP contribution < -0.4 is 14.7 Å². The summed E-state index contributed by atoms with van der Waals surface area (Å²) < 4.78 is 0. The maximum Gasteiger partial charge on any atom is 0.0449 e. The van der Waals surface area contributed by atoms with Crippen LogP contribution in [0.3, 0.4) is 0 Å². The van der Waals surface area contributed by atoms with Crippen LogP contribution in [0.2, 0.25) is 0 Å². The molecule has 500 valence electrons. The molecule has 0 N–H and O–H groups in total. The predicted octanol–water partition coefficient (Wildman–Crippen LogP) is 26.7. The first-order valence-corrected chi connectivity index (χ1v) is 36.2. The maximum absolute atomic E-state index is 2.55. The molecule has 0 amide bonds. The van der Waals surface area contributed by atoms with Crippen LogP contribution in [-0.4, -0.2) is 16.6 Å². The van der Waals surface area contributed by atoms with Crippen molar-refractivity contribution in [3.8, 4) is 44.5 Å². The lowest BCUT2D eigenvalue weighted by Gasteiger charge is -2.40. The molecule has 10 aromatic carbocycles. The van der Waals surface area contributed by atoms with E-state index in [0.29, 0.717) is 0 Å². The highest BCUT2D eigenvalue weighted by atomic mass is 15.2. The molecule has 0 spiro atoms. The van der Waals surface area contributed by atoms with E-state index in [1.54, 1.807) is 5.56 Å². The van der Waals surface area contributed by atoms with Crippen molar-refractivity contribution in [3.63, 3.8) is 0 Å². The molecule has 97 heavy (non-hydrogen) atoms. The number of anilines is 6. The summed E-state index contributed by atoms with van der Waals surface area (Å²) in [6.45, 7) is 50.7. The topological polar surface area (TPSA) is 9.72 Å². The van der Waals surface area contributed by atoms with E-state index in [9.17, 15) is 0 Å². The molecule has 3 nitrogen and oxygen atoms in total. The van der Waals surface area contributed by atoms with Crippen molar-refractivity contribution in [2.24, 2.45) is 0 Å². The van der Waals surface area contributed by atoms with Crippen molar-refractivity contribution < 1.29 is 0 Å². The third kappa shape index (κ3) is 12.6. The summed E-state index contributed by atoms with van der Waals surface area (Å²) in [6.07, 6.45) is 6.88. The molecule has 1 fully saturated rings. The Morgan fingerprint density at radius 1 is 0.278 bits per heavy atom. The van der Waals surface area contributed by atoms with Crippen LogP contribution in [0.1, 0.15) is 220 Å². The molecule has 0 atom stereocenters. The van der Waals surface area contributed by atoms with Gasteiger partial charge in [0.05, 0.1) is 0 Å². The summed E-state index contributed by atoms with van der Waals surface area (Å²) in [4.78, 5) is 7.58. The molecule has 0 heterocycles. The monoisotopic (exact) mass is 1280 g/mol. The molecule has 14 rings (SSSR count). The molecule has 0 aliphatic heterocycles. The summed E-state index contributed by atoms with van der Waals surface area (Å²) in [6, 6.07) is 73.0. The van der Waals surface area contributed by atoms with E-state index in [4.69, 9.17) is 0 Å². The molecule has 0 saturated heterocycles. The van der Waals surface area contributed by atoms with Crippen LogP contribution in [0.25, 0.3) is 44.5 Å². The van der Waals surface area contributed by atoms with Crippen LogP contribution in [0.5, 0.6) is 0 Å². The Hall–Kier alpha value is -8.40. The van der Waals surface area contributed by atoms with Gasteiger partial charge in [0.1, 0.15) is 0 Å². The average molecular weight is 1280 g/mol. The molecule has 1 saturated carbocycles. The second-order valence-electron chi connectivity index (χ2n) is 33.6. The Morgan fingerprint density at radius 2 is 0.608 bits per heavy atom. The summed E-state index contributed by atoms with van der Waals surface area (Å²) in [7, 11) is 0. The van der Waals surface area contributed by atoms with Gasteiger partial charge in [-0.1, -0.05) is 200 Å². The third-order valence-electron chi connectivity index (χ3n) is 22.1. The lowest BCUT2D eigenvalue weighted by atomic mass is 9.80. The van der Waals surface area contributed by atoms with E-state index in [1.165, 1.54) is 183 Å². The van der Waals surface area contributed by atoms with E-state index in [0.717, 1.165) is 5.92 Å². The van der Waals surface area contributed by atoms with Crippen LogP contribution in [0, 0.1) is 48.5 Å². The lowest BCUT2D eigenvalue weighted by Crippen LogP contribution is -2.38. The number of hydrogen-bond donors (Lipinski definition) is 0. The van der Waals surface area contributed by atoms with Gasteiger partial charge >= 0.3 is 0 Å². The minimum Gasteiger partial charge on any atom is -0.336 e. The Labute approximate surface area is 585 Å². The third-order valence-corrected chi connectivity index (χ3v) is 22.1. The van der Waals surface area contributed by atoms with Crippen molar-refractivity contribution >= 4 is 34.1 Å². The van der Waals surface area contributed by atoms with Gasteiger partial charge in [-0.25, -0.2) is 0 Å². The number of rotatable bonds is 8. The van der Waals surface area contributed by atoms with Crippen molar-refractivity contribution in [3.05, 3.63) is 272 Å². The van der Waals surface area contributed by atoms with Crippen molar-refractivity contribution in [1.82, 2.24) is 0 Å². The van der Waals surface area contributed by atoms with Gasteiger partial charge in [0.25, 0.3) is 0 Å². The zero-order chi connectivity index (χ0) is 69.6. The number of para-hydroxylation sites is 3. The predicted molar refractivity (Wildman–Crippen MR) is 421 cm³/mol. The van der Waals surface area contributed by atoms with Gasteiger partial charge in [-0.05, 0) is 307 Å². The Morgan fingerprint density at radius 3 is 0.990 bits per heavy atom. The second-order valence-corrected chi connectivity index (χ2v) is 33.6. The zero-order valence-corrected chi connectivity index (χ0v) is 62.9. The van der Waals surface area contributed by atoms with E-state index >= 15 is 0 Å². The maximum atomic E-state index is 2.55. The summed E-state index contributed by atoms with van der Waals surface area (Å²) in [5, 5.41) is 0. The van der Waals surface area contributed by atoms with E-state index < -0.39 is 0 Å².